The van der Waals surface area contributed by atoms with Gasteiger partial charge in [0, 0.05) is 27.7 Å². The minimum absolute atomic E-state index is 0.0252. The molecule has 220 valence electrons. The summed E-state index contributed by atoms with van der Waals surface area (Å²) in [5.74, 6) is -0.949. The van der Waals surface area contributed by atoms with Gasteiger partial charge in [-0.1, -0.05) is 53.9 Å². The van der Waals surface area contributed by atoms with Gasteiger partial charge in [-0.2, -0.15) is 0 Å². The Labute approximate surface area is 257 Å². The van der Waals surface area contributed by atoms with Crippen LogP contribution in [0.1, 0.15) is 43.9 Å². The Bertz CT molecular complexity index is 1510. The van der Waals surface area contributed by atoms with E-state index in [0.29, 0.717) is 32.7 Å². The Kier molecular flexibility index (Phi) is 11.1. The summed E-state index contributed by atoms with van der Waals surface area (Å²) in [6.45, 7) is 8.60. The number of rotatable bonds is 11. The third-order valence-corrected chi connectivity index (χ3v) is 9.61. The fourth-order valence-corrected chi connectivity index (χ4v) is 6.03. The number of carbonyl (C=O) groups excluding carboxylic acids is 2. The molecule has 2 amide bonds. The smallest absolute Gasteiger partial charge is 0.264 e. The summed E-state index contributed by atoms with van der Waals surface area (Å²) >= 11 is 18.5. The van der Waals surface area contributed by atoms with Crippen LogP contribution in [0.5, 0.6) is 0 Å². The molecule has 0 aromatic heterocycles. The number of halogens is 3. The van der Waals surface area contributed by atoms with Crippen LogP contribution in [0.25, 0.3) is 0 Å². The highest BCUT2D eigenvalue weighted by molar-refractivity contribution is 7.92. The number of hydrogen-bond donors (Lipinski definition) is 1. The summed E-state index contributed by atoms with van der Waals surface area (Å²) in [6, 6.07) is 14.7. The maximum Gasteiger partial charge on any atom is 0.264 e. The minimum atomic E-state index is -4.20. The highest BCUT2D eigenvalue weighted by atomic mass is 35.5. The Morgan fingerprint density at radius 3 is 2.10 bits per heavy atom. The topological polar surface area (TPSA) is 86.8 Å². The average molecular weight is 639 g/mol. The van der Waals surface area contributed by atoms with Crippen LogP contribution < -0.4 is 9.62 Å². The van der Waals surface area contributed by atoms with Crippen molar-refractivity contribution >= 4 is 62.3 Å². The van der Waals surface area contributed by atoms with Crippen LogP contribution in [0.2, 0.25) is 15.1 Å². The number of nitrogens with zero attached hydrogens (tertiary/aromatic N) is 2. The predicted molar refractivity (Wildman–Crippen MR) is 166 cm³/mol. The van der Waals surface area contributed by atoms with E-state index in [1.165, 1.54) is 29.2 Å². The van der Waals surface area contributed by atoms with Crippen LogP contribution in [0, 0.1) is 13.8 Å². The lowest BCUT2D eigenvalue weighted by molar-refractivity contribution is -0.139. The van der Waals surface area contributed by atoms with Crippen LogP contribution in [0.15, 0.2) is 65.6 Å². The molecule has 0 radical (unpaired) electrons. The van der Waals surface area contributed by atoms with Gasteiger partial charge >= 0.3 is 0 Å². The van der Waals surface area contributed by atoms with Crippen molar-refractivity contribution in [2.75, 3.05) is 10.8 Å². The quantitative estimate of drug-likeness (QED) is 0.251. The van der Waals surface area contributed by atoms with Crippen molar-refractivity contribution in [1.29, 1.82) is 0 Å². The largest absolute Gasteiger partial charge is 0.352 e. The monoisotopic (exact) mass is 637 g/mol. The number of anilines is 1. The fraction of sp³-hybridized carbons (Fsp3) is 0.333. The summed E-state index contributed by atoms with van der Waals surface area (Å²) in [6.07, 6.45) is 0.704. The van der Waals surface area contributed by atoms with Crippen LogP contribution in [0.4, 0.5) is 5.69 Å². The lowest BCUT2D eigenvalue weighted by Crippen LogP contribution is -2.52. The first-order valence-corrected chi connectivity index (χ1v) is 15.7. The first-order valence-electron chi connectivity index (χ1n) is 13.1. The zero-order chi connectivity index (χ0) is 30.5. The molecule has 1 N–H and O–H groups in total. The number of nitrogens with one attached hydrogen (secondary N) is 1. The lowest BCUT2D eigenvalue weighted by atomic mass is 10.1. The predicted octanol–water partition coefficient (Wildman–Crippen LogP) is 6.79. The van der Waals surface area contributed by atoms with E-state index >= 15 is 0 Å². The standard InChI is InChI=1S/C30H34Cl3N3O4S/c1-6-21(4)34-30(38)22(5)35(17-23-8-9-25(32)16-28(23)33)29(37)18-36(26-12-7-19(2)20(3)15-26)41(39,40)27-13-10-24(31)11-14-27/h7-16,21-22H,6,17-18H2,1-5H3,(H,34,38)/t21-,22-/m0/s1. The van der Waals surface area contributed by atoms with Crippen molar-refractivity contribution in [3.05, 3.63) is 92.4 Å². The minimum Gasteiger partial charge on any atom is -0.352 e. The third-order valence-electron chi connectivity index (χ3n) is 6.98. The van der Waals surface area contributed by atoms with Gasteiger partial charge in [0.15, 0.2) is 0 Å². The van der Waals surface area contributed by atoms with E-state index in [1.54, 1.807) is 43.3 Å². The number of sulfonamides is 1. The Balaban J connectivity index is 2.07. The molecule has 2 atom stereocenters. The maximum atomic E-state index is 14.0. The van der Waals surface area contributed by atoms with Gasteiger partial charge in [0.05, 0.1) is 10.6 Å². The molecule has 11 heteroatoms. The fourth-order valence-electron chi connectivity index (χ4n) is 4.02. The van der Waals surface area contributed by atoms with Crippen molar-refractivity contribution in [2.24, 2.45) is 0 Å². The Hall–Kier alpha value is -2.78. The molecule has 7 nitrogen and oxygen atoms in total. The number of aryl methyl sites for hydroxylation is 2. The van der Waals surface area contributed by atoms with Crippen molar-refractivity contribution in [1.82, 2.24) is 10.2 Å². The van der Waals surface area contributed by atoms with Crippen molar-refractivity contribution in [3.63, 3.8) is 0 Å². The summed E-state index contributed by atoms with van der Waals surface area (Å²) < 4.78 is 28.9. The zero-order valence-corrected chi connectivity index (χ0v) is 26.7. The molecule has 0 saturated carbocycles. The lowest BCUT2D eigenvalue weighted by Gasteiger charge is -2.32. The third kappa shape index (κ3) is 8.16. The molecular formula is C30H34Cl3N3O4S. The van der Waals surface area contributed by atoms with Crippen LogP contribution in [-0.2, 0) is 26.2 Å². The van der Waals surface area contributed by atoms with Gasteiger partial charge in [-0.3, -0.25) is 13.9 Å². The van der Waals surface area contributed by atoms with E-state index in [-0.39, 0.29) is 23.4 Å². The first-order chi connectivity index (χ1) is 19.2. The molecule has 0 unspecified atom stereocenters. The van der Waals surface area contributed by atoms with E-state index in [4.69, 9.17) is 34.8 Å². The molecule has 3 aromatic rings. The molecular weight excluding hydrogens is 605 g/mol. The van der Waals surface area contributed by atoms with E-state index in [2.05, 4.69) is 5.32 Å². The Morgan fingerprint density at radius 2 is 1.51 bits per heavy atom. The van der Waals surface area contributed by atoms with Crippen molar-refractivity contribution in [3.8, 4) is 0 Å². The number of carbonyl (C=O) groups is 2. The molecule has 0 aliphatic rings. The first kappa shape index (κ1) is 32.7. The molecule has 0 heterocycles. The molecule has 41 heavy (non-hydrogen) atoms. The van der Waals surface area contributed by atoms with Gasteiger partial charge in [0.1, 0.15) is 12.6 Å². The molecule has 0 bridgehead atoms. The highest BCUT2D eigenvalue weighted by Gasteiger charge is 2.33. The van der Waals surface area contributed by atoms with Gasteiger partial charge in [-0.15, -0.1) is 0 Å². The molecule has 0 spiro atoms. The molecule has 3 rings (SSSR count). The number of hydrogen-bond acceptors (Lipinski definition) is 4. The van der Waals surface area contributed by atoms with Gasteiger partial charge in [0.2, 0.25) is 11.8 Å². The van der Waals surface area contributed by atoms with Crippen LogP contribution >= 0.6 is 34.8 Å². The maximum absolute atomic E-state index is 14.0. The molecule has 0 aliphatic heterocycles. The van der Waals surface area contributed by atoms with E-state index < -0.39 is 28.5 Å². The van der Waals surface area contributed by atoms with E-state index in [9.17, 15) is 18.0 Å². The van der Waals surface area contributed by atoms with Crippen LogP contribution in [0.3, 0.4) is 0 Å². The van der Waals surface area contributed by atoms with Gasteiger partial charge in [-0.05, 0) is 99.3 Å². The summed E-state index contributed by atoms with van der Waals surface area (Å²) in [5.41, 5.74) is 2.71. The SMILES string of the molecule is CC[C@H](C)NC(=O)[C@H](C)N(Cc1ccc(Cl)cc1Cl)C(=O)CN(c1ccc(C)c(C)c1)S(=O)(=O)c1ccc(Cl)cc1. The molecule has 0 saturated heterocycles. The highest BCUT2D eigenvalue weighted by Crippen LogP contribution is 2.28. The second-order valence-electron chi connectivity index (χ2n) is 9.99. The van der Waals surface area contributed by atoms with Crippen molar-refractivity contribution < 1.29 is 18.0 Å². The number of amides is 2. The van der Waals surface area contributed by atoms with E-state index in [1.807, 2.05) is 27.7 Å². The second kappa shape index (κ2) is 13.9. The summed E-state index contributed by atoms with van der Waals surface area (Å²) in [5, 5.41) is 4.03. The van der Waals surface area contributed by atoms with Gasteiger partial charge in [-0.25, -0.2) is 8.42 Å². The van der Waals surface area contributed by atoms with Crippen LogP contribution in [-0.4, -0.2) is 43.8 Å². The second-order valence-corrected chi connectivity index (χ2v) is 13.1. The number of benzene rings is 3. The van der Waals surface area contributed by atoms with Crippen molar-refractivity contribution in [2.45, 2.75) is 64.6 Å². The average Bonchev–Trinajstić information content (AvgIpc) is 2.92. The van der Waals surface area contributed by atoms with Gasteiger partial charge in [0.25, 0.3) is 10.0 Å². The molecule has 3 aromatic carbocycles. The molecule has 0 fully saturated rings. The van der Waals surface area contributed by atoms with Gasteiger partial charge < -0.3 is 10.2 Å². The van der Waals surface area contributed by atoms with E-state index in [0.717, 1.165) is 15.4 Å². The summed E-state index contributed by atoms with van der Waals surface area (Å²) in [7, 11) is -4.20. The normalized spacial score (nSPS) is 12.9. The zero-order valence-electron chi connectivity index (χ0n) is 23.6. The molecule has 0 aliphatic carbocycles. The summed E-state index contributed by atoms with van der Waals surface area (Å²) in [4.78, 5) is 28.5. The Morgan fingerprint density at radius 1 is 0.878 bits per heavy atom.